The summed E-state index contributed by atoms with van der Waals surface area (Å²) in [6, 6.07) is 4.18. The highest BCUT2D eigenvalue weighted by Gasteiger charge is 2.17. The molecule has 0 aliphatic rings. The molecule has 1 aromatic carbocycles. The van der Waals surface area contributed by atoms with Gasteiger partial charge in [0.15, 0.2) is 0 Å². The third kappa shape index (κ3) is 1.16. The first kappa shape index (κ1) is 8.74. The van der Waals surface area contributed by atoms with Crippen molar-refractivity contribution in [3.8, 4) is 0 Å². The Labute approximate surface area is 79.1 Å². The Kier molecular flexibility index (Phi) is 1.96. The molecule has 0 bridgehead atoms. The molecule has 4 heteroatoms. The van der Waals surface area contributed by atoms with Gasteiger partial charge >= 0.3 is 5.97 Å². The molecule has 2 aromatic rings. The molecule has 0 atom stereocenters. The summed E-state index contributed by atoms with van der Waals surface area (Å²) in [5.41, 5.74) is 0.380. The second-order valence-corrected chi connectivity index (χ2v) is 2.75. The standard InChI is InChI=1S/C10H7FO3/c1-13-10(12)9-6-4-5-14-8(6)3-2-7(9)11/h2-5H,1H3. The Morgan fingerprint density at radius 3 is 2.93 bits per heavy atom. The van der Waals surface area contributed by atoms with Crippen LogP contribution in [0.5, 0.6) is 0 Å². The molecule has 0 spiro atoms. The molecule has 0 saturated heterocycles. The SMILES string of the molecule is COC(=O)c1c(F)ccc2occc12. The zero-order chi connectivity index (χ0) is 10.1. The highest BCUT2D eigenvalue weighted by molar-refractivity contribution is 6.03. The lowest BCUT2D eigenvalue weighted by Crippen LogP contribution is -2.04. The summed E-state index contributed by atoms with van der Waals surface area (Å²) in [7, 11) is 1.21. The Morgan fingerprint density at radius 1 is 1.43 bits per heavy atom. The second kappa shape index (κ2) is 3.14. The quantitative estimate of drug-likeness (QED) is 0.654. The first-order valence-electron chi connectivity index (χ1n) is 3.98. The molecule has 0 aliphatic heterocycles. The predicted octanol–water partition coefficient (Wildman–Crippen LogP) is 2.36. The fraction of sp³-hybridized carbons (Fsp3) is 0.100. The third-order valence-corrected chi connectivity index (χ3v) is 1.97. The van der Waals surface area contributed by atoms with Gasteiger partial charge in [-0.15, -0.1) is 0 Å². The number of benzene rings is 1. The van der Waals surface area contributed by atoms with Crippen molar-refractivity contribution in [2.75, 3.05) is 7.11 Å². The summed E-state index contributed by atoms with van der Waals surface area (Å²) in [6.07, 6.45) is 1.40. The van der Waals surface area contributed by atoms with Crippen molar-refractivity contribution < 1.29 is 18.3 Å². The van der Waals surface area contributed by atoms with E-state index in [2.05, 4.69) is 4.74 Å². The van der Waals surface area contributed by atoms with Crippen LogP contribution in [0, 0.1) is 5.82 Å². The second-order valence-electron chi connectivity index (χ2n) is 2.75. The molecule has 1 aromatic heterocycles. The van der Waals surface area contributed by atoms with Gasteiger partial charge < -0.3 is 9.15 Å². The van der Waals surface area contributed by atoms with E-state index in [9.17, 15) is 9.18 Å². The number of halogens is 1. The highest BCUT2D eigenvalue weighted by Crippen LogP contribution is 2.23. The van der Waals surface area contributed by atoms with Crippen LogP contribution >= 0.6 is 0 Å². The number of hydrogen-bond acceptors (Lipinski definition) is 3. The lowest BCUT2D eigenvalue weighted by atomic mass is 10.1. The number of ether oxygens (including phenoxy) is 1. The van der Waals surface area contributed by atoms with Gasteiger partial charge in [-0.05, 0) is 18.2 Å². The van der Waals surface area contributed by atoms with Crippen LogP contribution in [0.2, 0.25) is 0 Å². The van der Waals surface area contributed by atoms with Gasteiger partial charge in [0.1, 0.15) is 17.0 Å². The first-order valence-corrected chi connectivity index (χ1v) is 3.98. The molecule has 0 unspecified atom stereocenters. The lowest BCUT2D eigenvalue weighted by Gasteiger charge is -2.01. The van der Waals surface area contributed by atoms with Gasteiger partial charge in [-0.2, -0.15) is 0 Å². The van der Waals surface area contributed by atoms with Crippen molar-refractivity contribution in [3.05, 3.63) is 35.8 Å². The minimum atomic E-state index is -0.700. The molecule has 14 heavy (non-hydrogen) atoms. The smallest absolute Gasteiger partial charge is 0.341 e. The summed E-state index contributed by atoms with van der Waals surface area (Å²) in [5, 5.41) is 0.428. The Morgan fingerprint density at radius 2 is 2.21 bits per heavy atom. The first-order chi connectivity index (χ1) is 6.74. The fourth-order valence-corrected chi connectivity index (χ4v) is 1.33. The molecule has 2 rings (SSSR count). The maximum absolute atomic E-state index is 13.3. The zero-order valence-corrected chi connectivity index (χ0v) is 7.41. The van der Waals surface area contributed by atoms with E-state index < -0.39 is 11.8 Å². The number of carbonyl (C=O) groups excluding carboxylic acids is 1. The summed E-state index contributed by atoms with van der Waals surface area (Å²) >= 11 is 0. The number of rotatable bonds is 1. The van der Waals surface area contributed by atoms with Gasteiger partial charge in [0.05, 0.1) is 13.4 Å². The van der Waals surface area contributed by atoms with Crippen molar-refractivity contribution >= 4 is 16.9 Å². The minimum Gasteiger partial charge on any atom is -0.465 e. The van der Waals surface area contributed by atoms with E-state index in [-0.39, 0.29) is 5.56 Å². The van der Waals surface area contributed by atoms with E-state index >= 15 is 0 Å². The molecular formula is C10H7FO3. The number of fused-ring (bicyclic) bond motifs is 1. The molecule has 0 fully saturated rings. The highest BCUT2D eigenvalue weighted by atomic mass is 19.1. The Bertz CT molecular complexity index is 487. The molecule has 0 radical (unpaired) electrons. The Hall–Kier alpha value is -1.84. The van der Waals surface area contributed by atoms with Crippen molar-refractivity contribution in [2.24, 2.45) is 0 Å². The van der Waals surface area contributed by atoms with E-state index in [1.165, 1.54) is 31.6 Å². The van der Waals surface area contributed by atoms with E-state index in [4.69, 9.17) is 4.42 Å². The monoisotopic (exact) mass is 194 g/mol. The number of furan rings is 1. The van der Waals surface area contributed by atoms with E-state index in [1.54, 1.807) is 0 Å². The normalized spacial score (nSPS) is 10.4. The number of hydrogen-bond donors (Lipinski definition) is 0. The van der Waals surface area contributed by atoms with Gasteiger partial charge in [-0.25, -0.2) is 9.18 Å². The van der Waals surface area contributed by atoms with Gasteiger partial charge in [0.25, 0.3) is 0 Å². The molecule has 1 heterocycles. The molecule has 0 amide bonds. The summed E-state index contributed by atoms with van der Waals surface area (Å²) < 4.78 is 22.8. The third-order valence-electron chi connectivity index (χ3n) is 1.97. The van der Waals surface area contributed by atoms with Crippen LogP contribution in [0.3, 0.4) is 0 Å². The van der Waals surface area contributed by atoms with Gasteiger partial charge in [0.2, 0.25) is 0 Å². The van der Waals surface area contributed by atoms with E-state index in [1.807, 2.05) is 0 Å². The van der Waals surface area contributed by atoms with Crippen LogP contribution in [0.15, 0.2) is 28.9 Å². The predicted molar refractivity (Wildman–Crippen MR) is 47.5 cm³/mol. The largest absolute Gasteiger partial charge is 0.465 e. The molecule has 0 saturated carbocycles. The molecule has 72 valence electrons. The number of esters is 1. The van der Waals surface area contributed by atoms with Crippen LogP contribution in [-0.2, 0) is 4.74 Å². The van der Waals surface area contributed by atoms with Crippen LogP contribution in [0.1, 0.15) is 10.4 Å². The summed E-state index contributed by atoms with van der Waals surface area (Å²) in [6.45, 7) is 0. The lowest BCUT2D eigenvalue weighted by molar-refractivity contribution is 0.0598. The zero-order valence-electron chi connectivity index (χ0n) is 7.41. The summed E-state index contributed by atoms with van der Waals surface area (Å²) in [4.78, 5) is 11.2. The average molecular weight is 194 g/mol. The Balaban J connectivity index is 2.76. The van der Waals surface area contributed by atoms with Crippen molar-refractivity contribution in [3.63, 3.8) is 0 Å². The van der Waals surface area contributed by atoms with E-state index in [0.717, 1.165) is 0 Å². The number of methoxy groups -OCH3 is 1. The number of carbonyl (C=O) groups is 1. The van der Waals surface area contributed by atoms with Crippen molar-refractivity contribution in [1.82, 2.24) is 0 Å². The topological polar surface area (TPSA) is 39.4 Å². The van der Waals surface area contributed by atoms with E-state index in [0.29, 0.717) is 11.0 Å². The average Bonchev–Trinajstić information content (AvgIpc) is 2.64. The maximum atomic E-state index is 13.3. The van der Waals surface area contributed by atoms with Crippen molar-refractivity contribution in [2.45, 2.75) is 0 Å². The van der Waals surface area contributed by atoms with Crippen LogP contribution in [0.25, 0.3) is 11.0 Å². The maximum Gasteiger partial charge on any atom is 0.341 e. The van der Waals surface area contributed by atoms with Crippen molar-refractivity contribution in [1.29, 1.82) is 0 Å². The molecule has 0 N–H and O–H groups in total. The fourth-order valence-electron chi connectivity index (χ4n) is 1.33. The van der Waals surface area contributed by atoms with Crippen LogP contribution in [-0.4, -0.2) is 13.1 Å². The molecule has 3 nitrogen and oxygen atoms in total. The molecule has 0 aliphatic carbocycles. The summed E-state index contributed by atoms with van der Waals surface area (Å²) in [5.74, 6) is -1.31. The van der Waals surface area contributed by atoms with Gasteiger partial charge in [-0.3, -0.25) is 0 Å². The van der Waals surface area contributed by atoms with Gasteiger partial charge in [-0.1, -0.05) is 0 Å². The van der Waals surface area contributed by atoms with Crippen LogP contribution in [0.4, 0.5) is 4.39 Å². The molecular weight excluding hydrogens is 187 g/mol. The van der Waals surface area contributed by atoms with Crippen LogP contribution < -0.4 is 0 Å². The minimum absolute atomic E-state index is 0.0845. The van der Waals surface area contributed by atoms with Gasteiger partial charge in [0, 0.05) is 5.39 Å².